The van der Waals surface area contributed by atoms with Crippen molar-refractivity contribution in [2.24, 2.45) is 4.99 Å². The van der Waals surface area contributed by atoms with E-state index in [2.05, 4.69) is 39.2 Å². The molecule has 2 aromatic heterocycles. The van der Waals surface area contributed by atoms with Crippen LogP contribution in [-0.2, 0) is 0 Å². The fourth-order valence-electron chi connectivity index (χ4n) is 2.52. The molecule has 0 spiro atoms. The number of hydrogen-bond donors (Lipinski definition) is 2. The van der Waals surface area contributed by atoms with Crippen LogP contribution in [0.15, 0.2) is 40.0 Å². The maximum absolute atomic E-state index is 5.67. The van der Waals surface area contributed by atoms with Crippen molar-refractivity contribution in [3.05, 3.63) is 35.0 Å². The van der Waals surface area contributed by atoms with E-state index < -0.39 is 0 Å². The number of thiazole rings is 2. The average molecular weight is 416 g/mol. The molecule has 0 unspecified atom stereocenters. The van der Waals surface area contributed by atoms with Crippen molar-refractivity contribution in [2.75, 3.05) is 26.4 Å². The normalized spacial score (nSPS) is 13.5. The summed E-state index contributed by atoms with van der Waals surface area (Å²) in [4.78, 5) is 12.9. The molecular formula is C20H25N5OS2. The molecule has 0 radical (unpaired) electrons. The number of nitrogens with one attached hydrogen (secondary N) is 2. The van der Waals surface area contributed by atoms with Crippen molar-refractivity contribution in [1.29, 1.82) is 0 Å². The predicted octanol–water partition coefficient (Wildman–Crippen LogP) is 4.58. The van der Waals surface area contributed by atoms with Crippen molar-refractivity contribution < 1.29 is 4.74 Å². The molecule has 148 valence electrons. The summed E-state index contributed by atoms with van der Waals surface area (Å²) in [6.07, 6.45) is 2.27. The van der Waals surface area contributed by atoms with Gasteiger partial charge in [-0.2, -0.15) is 0 Å². The molecule has 0 amide bonds. The molecule has 0 bridgehead atoms. The summed E-state index contributed by atoms with van der Waals surface area (Å²) in [5, 5.41) is 11.9. The molecule has 3 heterocycles. The summed E-state index contributed by atoms with van der Waals surface area (Å²) < 4.78 is 5.67. The molecule has 1 aliphatic rings. The highest BCUT2D eigenvalue weighted by Gasteiger charge is 2.10. The Kier molecular flexibility index (Phi) is 8.10. The Labute approximate surface area is 173 Å². The number of hydrogen-bond acceptors (Lipinski definition) is 8. The summed E-state index contributed by atoms with van der Waals surface area (Å²) in [6, 6.07) is 8.02. The van der Waals surface area contributed by atoms with E-state index in [1.807, 2.05) is 35.0 Å². The van der Waals surface area contributed by atoms with Gasteiger partial charge in [-0.1, -0.05) is 19.1 Å². The molecule has 0 saturated carbocycles. The number of nitrogens with zero attached hydrogens (tertiary/aromatic N) is 3. The van der Waals surface area contributed by atoms with E-state index in [4.69, 9.17) is 4.74 Å². The maximum atomic E-state index is 5.67. The summed E-state index contributed by atoms with van der Waals surface area (Å²) in [6.45, 7) is 9.69. The zero-order valence-electron chi connectivity index (χ0n) is 16.0. The van der Waals surface area contributed by atoms with Crippen LogP contribution in [0.4, 0.5) is 5.13 Å². The van der Waals surface area contributed by atoms with Crippen LogP contribution in [0, 0.1) is 0 Å². The number of ether oxygens (including phenoxy) is 1. The molecule has 1 fully saturated rings. The topological polar surface area (TPSA) is 71.4 Å². The maximum Gasteiger partial charge on any atom is 0.209 e. The van der Waals surface area contributed by atoms with Gasteiger partial charge in [-0.15, -0.1) is 22.7 Å². The van der Waals surface area contributed by atoms with Crippen LogP contribution in [0.5, 0.6) is 5.75 Å². The van der Waals surface area contributed by atoms with Gasteiger partial charge in [0, 0.05) is 23.0 Å². The molecule has 4 rings (SSSR count). The van der Waals surface area contributed by atoms with Crippen LogP contribution in [-0.4, -0.2) is 43.1 Å². The van der Waals surface area contributed by atoms with Gasteiger partial charge in [0.15, 0.2) is 0 Å². The largest absolute Gasteiger partial charge is 0.494 e. The third-order valence-electron chi connectivity index (χ3n) is 3.90. The lowest BCUT2D eigenvalue weighted by Crippen LogP contribution is -2.37. The quantitative estimate of drug-likeness (QED) is 0.577. The van der Waals surface area contributed by atoms with Crippen LogP contribution in [0.2, 0.25) is 0 Å². The fourth-order valence-corrected chi connectivity index (χ4v) is 3.95. The highest BCUT2D eigenvalue weighted by atomic mass is 32.1. The molecule has 0 atom stereocenters. The first-order valence-electron chi connectivity index (χ1n) is 9.33. The Morgan fingerprint density at radius 1 is 1.14 bits per heavy atom. The second kappa shape index (κ2) is 11.0. The van der Waals surface area contributed by atoms with Crippen LogP contribution in [0.1, 0.15) is 19.8 Å². The summed E-state index contributed by atoms with van der Waals surface area (Å²) >= 11 is 3.06. The van der Waals surface area contributed by atoms with Crippen LogP contribution in [0.3, 0.4) is 0 Å². The summed E-state index contributed by atoms with van der Waals surface area (Å²) in [5.74, 6) is 0.878. The minimum absolute atomic E-state index is 0.666. The zero-order valence-corrected chi connectivity index (χ0v) is 17.6. The van der Waals surface area contributed by atoms with Crippen LogP contribution in [0.25, 0.3) is 22.0 Å². The van der Waals surface area contributed by atoms with Crippen LogP contribution < -0.4 is 15.4 Å². The van der Waals surface area contributed by atoms with E-state index >= 15 is 0 Å². The van der Waals surface area contributed by atoms with Gasteiger partial charge in [-0.3, -0.25) is 0 Å². The Balaban J connectivity index is 0.000000320. The fraction of sp³-hybridized carbons (Fsp3) is 0.350. The highest BCUT2D eigenvalue weighted by Crippen LogP contribution is 2.32. The van der Waals surface area contributed by atoms with Crippen molar-refractivity contribution in [3.8, 4) is 27.7 Å². The number of aromatic nitrogens is 2. The van der Waals surface area contributed by atoms with E-state index in [1.165, 1.54) is 30.8 Å². The Morgan fingerprint density at radius 2 is 1.93 bits per heavy atom. The monoisotopic (exact) mass is 415 g/mol. The lowest BCUT2D eigenvalue weighted by Gasteiger charge is -2.11. The molecule has 0 aliphatic carbocycles. The second-order valence-corrected chi connectivity index (χ2v) is 7.81. The Bertz CT molecular complexity index is 861. The molecular weight excluding hydrogens is 390 g/mol. The first-order chi connectivity index (χ1) is 13.8. The van der Waals surface area contributed by atoms with Crippen LogP contribution >= 0.6 is 22.7 Å². The van der Waals surface area contributed by atoms with Gasteiger partial charge in [0.1, 0.15) is 22.1 Å². The van der Waals surface area contributed by atoms with E-state index in [0.717, 1.165) is 47.4 Å². The van der Waals surface area contributed by atoms with Crippen molar-refractivity contribution in [1.82, 2.24) is 20.6 Å². The van der Waals surface area contributed by atoms with Gasteiger partial charge in [-0.05, 0) is 44.8 Å². The molecule has 8 heteroatoms. The molecule has 1 aromatic carbocycles. The minimum atomic E-state index is 0.666. The second-order valence-electron chi connectivity index (χ2n) is 6.12. The first kappa shape index (κ1) is 20.6. The summed E-state index contributed by atoms with van der Waals surface area (Å²) in [7, 11) is 0. The minimum Gasteiger partial charge on any atom is -0.494 e. The molecule has 6 nitrogen and oxygen atoms in total. The number of benzene rings is 1. The lowest BCUT2D eigenvalue weighted by molar-refractivity contribution is 0.317. The van der Waals surface area contributed by atoms with Gasteiger partial charge in [-0.25, -0.2) is 15.0 Å². The number of rotatable bonds is 6. The van der Waals surface area contributed by atoms with Gasteiger partial charge >= 0.3 is 0 Å². The van der Waals surface area contributed by atoms with Crippen molar-refractivity contribution in [3.63, 3.8) is 0 Å². The molecule has 2 N–H and O–H groups in total. The van der Waals surface area contributed by atoms with E-state index in [1.54, 1.807) is 11.3 Å². The van der Waals surface area contributed by atoms with Gasteiger partial charge < -0.3 is 15.4 Å². The third-order valence-corrected chi connectivity index (χ3v) is 5.57. The van der Waals surface area contributed by atoms with E-state index in [-0.39, 0.29) is 0 Å². The van der Waals surface area contributed by atoms with E-state index in [0.29, 0.717) is 5.13 Å². The summed E-state index contributed by atoms with van der Waals surface area (Å²) in [5.41, 5.74) is 2.77. The van der Waals surface area contributed by atoms with Crippen molar-refractivity contribution >= 4 is 34.5 Å². The Hall–Kier alpha value is -2.13. The standard InChI is InChI=1S/C16H15N3OS2.C4H10N2/c1-3-7-20-12-6-4-5-11(8-12)15-18-13(9-21-15)14-10-22-16(17-2)19-14;1-2-5-4-6-3-1/h4-6,8-10H,2-3,7H2,1H3;5-6H,1-4H2. The highest BCUT2D eigenvalue weighted by molar-refractivity contribution is 7.14. The van der Waals surface area contributed by atoms with Crippen molar-refractivity contribution in [2.45, 2.75) is 19.8 Å². The number of aliphatic imine (C=N–C) groups is 1. The van der Waals surface area contributed by atoms with Gasteiger partial charge in [0.05, 0.1) is 6.61 Å². The smallest absolute Gasteiger partial charge is 0.209 e. The molecule has 1 aliphatic heterocycles. The van der Waals surface area contributed by atoms with Gasteiger partial charge in [0.2, 0.25) is 5.13 Å². The lowest BCUT2D eigenvalue weighted by atomic mass is 10.2. The SMILES string of the molecule is C1CNCNC1.C=Nc1nc(-c2csc(-c3cccc(OCCC)c3)n2)cs1. The zero-order chi connectivity index (χ0) is 19.6. The molecule has 28 heavy (non-hydrogen) atoms. The third kappa shape index (κ3) is 5.93. The molecule has 3 aromatic rings. The van der Waals surface area contributed by atoms with E-state index in [9.17, 15) is 0 Å². The molecule has 1 saturated heterocycles. The van der Waals surface area contributed by atoms with Gasteiger partial charge in [0.25, 0.3) is 0 Å². The first-order valence-corrected chi connectivity index (χ1v) is 11.1. The Morgan fingerprint density at radius 3 is 2.57 bits per heavy atom. The average Bonchev–Trinajstić information content (AvgIpc) is 3.44. The predicted molar refractivity (Wildman–Crippen MR) is 119 cm³/mol.